The number of hydrogen-bond acceptors (Lipinski definition) is 3. The second-order valence-electron chi connectivity index (χ2n) is 4.33. The van der Waals surface area contributed by atoms with Crippen LogP contribution in [0.5, 0.6) is 0 Å². The van der Waals surface area contributed by atoms with Gasteiger partial charge in [-0.3, -0.25) is 14.6 Å². The number of nitrogens with zero attached hydrogens (tertiary/aromatic N) is 1. The maximum Gasteiger partial charge on any atom is 0.240 e. The Morgan fingerprint density at radius 2 is 2.17 bits per heavy atom. The van der Waals surface area contributed by atoms with E-state index in [1.165, 1.54) is 0 Å². The molecule has 0 aliphatic carbocycles. The number of hydrogen-bond donors (Lipinski definition) is 2. The zero-order valence-electron chi connectivity index (χ0n) is 10.7. The van der Waals surface area contributed by atoms with Crippen molar-refractivity contribution in [2.75, 3.05) is 0 Å². The van der Waals surface area contributed by atoms with Crippen LogP contribution in [-0.4, -0.2) is 22.8 Å². The van der Waals surface area contributed by atoms with E-state index in [4.69, 9.17) is 5.73 Å². The molecule has 5 heteroatoms. The van der Waals surface area contributed by atoms with E-state index < -0.39 is 11.9 Å². The molecule has 0 radical (unpaired) electrons. The topological polar surface area (TPSA) is 85.1 Å². The van der Waals surface area contributed by atoms with Gasteiger partial charge in [0.1, 0.15) is 6.04 Å². The highest BCUT2D eigenvalue weighted by atomic mass is 16.2. The van der Waals surface area contributed by atoms with Crippen molar-refractivity contribution in [3.8, 4) is 0 Å². The average Bonchev–Trinajstić information content (AvgIpc) is 2.36. The lowest BCUT2D eigenvalue weighted by molar-refractivity contribution is -0.128. The van der Waals surface area contributed by atoms with Gasteiger partial charge >= 0.3 is 0 Å². The van der Waals surface area contributed by atoms with Crippen LogP contribution in [0.4, 0.5) is 0 Å². The normalized spacial score (nSPS) is 13.7. The van der Waals surface area contributed by atoms with Gasteiger partial charge in [-0.05, 0) is 18.1 Å². The van der Waals surface area contributed by atoms with E-state index in [-0.39, 0.29) is 18.2 Å². The number of nitrogens with one attached hydrogen (secondary N) is 1. The van der Waals surface area contributed by atoms with Crippen molar-refractivity contribution in [2.24, 2.45) is 11.7 Å². The van der Waals surface area contributed by atoms with Crippen LogP contribution in [0, 0.1) is 5.92 Å². The van der Waals surface area contributed by atoms with Crippen LogP contribution in [0.3, 0.4) is 0 Å². The third-order valence-electron chi connectivity index (χ3n) is 2.90. The largest absolute Gasteiger partial charge is 0.368 e. The van der Waals surface area contributed by atoms with Crippen LogP contribution in [-0.2, 0) is 16.0 Å². The van der Waals surface area contributed by atoms with Gasteiger partial charge in [0.25, 0.3) is 0 Å². The fourth-order valence-electron chi connectivity index (χ4n) is 1.62. The Balaban J connectivity index is 2.60. The highest BCUT2D eigenvalue weighted by Gasteiger charge is 2.23. The molecule has 3 N–H and O–H groups in total. The molecule has 0 fully saturated rings. The quantitative estimate of drug-likeness (QED) is 0.775. The third kappa shape index (κ3) is 4.16. The van der Waals surface area contributed by atoms with E-state index in [2.05, 4.69) is 10.3 Å². The number of carbonyl (C=O) groups excluding carboxylic acids is 2. The number of nitrogens with two attached hydrogens (primary N) is 1. The predicted octanol–water partition coefficient (Wildman–Crippen LogP) is 0.640. The minimum Gasteiger partial charge on any atom is -0.368 e. The van der Waals surface area contributed by atoms with E-state index in [0.717, 1.165) is 6.42 Å². The van der Waals surface area contributed by atoms with Gasteiger partial charge in [-0.15, -0.1) is 0 Å². The van der Waals surface area contributed by atoms with E-state index >= 15 is 0 Å². The van der Waals surface area contributed by atoms with Gasteiger partial charge in [-0.25, -0.2) is 0 Å². The molecule has 2 amide bonds. The van der Waals surface area contributed by atoms with Gasteiger partial charge in [-0.1, -0.05) is 26.3 Å². The lowest BCUT2D eigenvalue weighted by atomic mass is 9.98. The predicted molar refractivity (Wildman–Crippen MR) is 68.5 cm³/mol. The first-order valence-electron chi connectivity index (χ1n) is 6.03. The van der Waals surface area contributed by atoms with Crippen molar-refractivity contribution in [3.63, 3.8) is 0 Å². The molecule has 5 nitrogen and oxygen atoms in total. The number of amides is 2. The average molecular weight is 249 g/mol. The summed E-state index contributed by atoms with van der Waals surface area (Å²) >= 11 is 0. The zero-order valence-corrected chi connectivity index (χ0v) is 10.7. The van der Waals surface area contributed by atoms with Gasteiger partial charge in [0.15, 0.2) is 0 Å². The highest BCUT2D eigenvalue weighted by molar-refractivity contribution is 5.87. The molecule has 1 unspecified atom stereocenters. The molecule has 1 aromatic heterocycles. The Morgan fingerprint density at radius 3 is 2.67 bits per heavy atom. The fourth-order valence-corrected chi connectivity index (χ4v) is 1.62. The molecule has 1 rings (SSSR count). The summed E-state index contributed by atoms with van der Waals surface area (Å²) < 4.78 is 0. The van der Waals surface area contributed by atoms with Gasteiger partial charge in [0, 0.05) is 11.9 Å². The SMILES string of the molecule is CCC(C)[C@H](NC(=O)Cc1ccccn1)C(N)=O. The summed E-state index contributed by atoms with van der Waals surface area (Å²) in [6, 6.07) is 4.75. The molecule has 0 aliphatic heterocycles. The molecular weight excluding hydrogens is 230 g/mol. The number of primary amides is 1. The van der Waals surface area contributed by atoms with Crippen LogP contribution < -0.4 is 11.1 Å². The van der Waals surface area contributed by atoms with Crippen LogP contribution in [0.25, 0.3) is 0 Å². The minimum absolute atomic E-state index is 0.0233. The van der Waals surface area contributed by atoms with Crippen LogP contribution in [0.15, 0.2) is 24.4 Å². The number of carbonyl (C=O) groups is 2. The van der Waals surface area contributed by atoms with Crippen LogP contribution in [0.1, 0.15) is 26.0 Å². The van der Waals surface area contributed by atoms with Crippen molar-refractivity contribution >= 4 is 11.8 Å². The molecule has 0 aromatic carbocycles. The standard InChI is InChI=1S/C13H19N3O2/c1-3-9(2)12(13(14)18)16-11(17)8-10-6-4-5-7-15-10/h4-7,9,12H,3,8H2,1-2H3,(H2,14,18)(H,16,17)/t9?,12-/m0/s1. The molecule has 98 valence electrons. The summed E-state index contributed by atoms with van der Waals surface area (Å²) in [5.74, 6) is -0.716. The van der Waals surface area contributed by atoms with Crippen molar-refractivity contribution < 1.29 is 9.59 Å². The summed E-state index contributed by atoms with van der Waals surface area (Å²) in [7, 11) is 0. The molecule has 2 atom stereocenters. The van der Waals surface area contributed by atoms with Gasteiger partial charge in [0.2, 0.25) is 11.8 Å². The Bertz CT molecular complexity index is 406. The first kappa shape index (κ1) is 14.2. The number of aromatic nitrogens is 1. The molecule has 0 spiro atoms. The van der Waals surface area contributed by atoms with E-state index in [9.17, 15) is 9.59 Å². The van der Waals surface area contributed by atoms with E-state index in [1.807, 2.05) is 19.9 Å². The Morgan fingerprint density at radius 1 is 1.44 bits per heavy atom. The molecule has 0 saturated heterocycles. The summed E-state index contributed by atoms with van der Waals surface area (Å²) in [6.07, 6.45) is 2.56. The number of rotatable bonds is 6. The molecule has 0 bridgehead atoms. The maximum absolute atomic E-state index is 11.8. The van der Waals surface area contributed by atoms with Crippen molar-refractivity contribution in [1.29, 1.82) is 0 Å². The maximum atomic E-state index is 11.8. The Kier molecular flexibility index (Phi) is 5.30. The molecule has 0 saturated carbocycles. The highest BCUT2D eigenvalue weighted by Crippen LogP contribution is 2.07. The monoisotopic (exact) mass is 249 g/mol. The Labute approximate surface area is 107 Å². The first-order chi connectivity index (χ1) is 8.54. The van der Waals surface area contributed by atoms with Crippen LogP contribution in [0.2, 0.25) is 0 Å². The second-order valence-corrected chi connectivity index (χ2v) is 4.33. The van der Waals surface area contributed by atoms with Gasteiger partial charge in [0.05, 0.1) is 6.42 Å². The molecule has 1 heterocycles. The summed E-state index contributed by atoms with van der Waals surface area (Å²) in [4.78, 5) is 27.1. The van der Waals surface area contributed by atoms with Crippen molar-refractivity contribution in [1.82, 2.24) is 10.3 Å². The summed E-state index contributed by atoms with van der Waals surface area (Å²) in [5, 5.41) is 2.66. The molecule has 0 aliphatic rings. The smallest absolute Gasteiger partial charge is 0.240 e. The number of pyridine rings is 1. The fraction of sp³-hybridized carbons (Fsp3) is 0.462. The van der Waals surface area contributed by atoms with E-state index in [0.29, 0.717) is 5.69 Å². The molecule has 1 aromatic rings. The Hall–Kier alpha value is -1.91. The van der Waals surface area contributed by atoms with Crippen molar-refractivity contribution in [2.45, 2.75) is 32.7 Å². The lowest BCUT2D eigenvalue weighted by Crippen LogP contribution is -2.48. The molecule has 18 heavy (non-hydrogen) atoms. The van der Waals surface area contributed by atoms with Crippen molar-refractivity contribution in [3.05, 3.63) is 30.1 Å². The lowest BCUT2D eigenvalue weighted by Gasteiger charge is -2.20. The third-order valence-corrected chi connectivity index (χ3v) is 2.90. The zero-order chi connectivity index (χ0) is 13.5. The van der Waals surface area contributed by atoms with E-state index in [1.54, 1.807) is 18.3 Å². The second kappa shape index (κ2) is 6.74. The minimum atomic E-state index is -0.619. The summed E-state index contributed by atoms with van der Waals surface area (Å²) in [6.45, 7) is 3.84. The molecular formula is C13H19N3O2. The summed E-state index contributed by atoms with van der Waals surface area (Å²) in [5.41, 5.74) is 5.95. The van der Waals surface area contributed by atoms with Gasteiger partial charge in [-0.2, -0.15) is 0 Å². The van der Waals surface area contributed by atoms with Crippen LogP contribution >= 0.6 is 0 Å². The van der Waals surface area contributed by atoms with Gasteiger partial charge < -0.3 is 11.1 Å². The first-order valence-corrected chi connectivity index (χ1v) is 6.03.